The van der Waals surface area contributed by atoms with Crippen molar-refractivity contribution < 1.29 is 19.4 Å². The summed E-state index contributed by atoms with van der Waals surface area (Å²) >= 11 is 0. The summed E-state index contributed by atoms with van der Waals surface area (Å²) in [6.07, 6.45) is -0.589. The van der Waals surface area contributed by atoms with Crippen molar-refractivity contribution >= 4 is 5.97 Å². The molecule has 1 rings (SSSR count). The van der Waals surface area contributed by atoms with Crippen LogP contribution in [0.3, 0.4) is 0 Å². The predicted octanol–water partition coefficient (Wildman–Crippen LogP) is 2.12. The number of benzene rings is 1. The molecule has 94 valence electrons. The standard InChI is InChI=1S/C13H18O4/c1-9(2)17-12(13(14)15)8-10-5-4-6-11(7-10)16-3/h4-7,9,12H,8H2,1-3H3,(H,14,15). The van der Waals surface area contributed by atoms with Crippen LogP contribution in [0.25, 0.3) is 0 Å². The van der Waals surface area contributed by atoms with Crippen LogP contribution in [0.2, 0.25) is 0 Å². The molecule has 1 N–H and O–H groups in total. The molecule has 0 saturated carbocycles. The van der Waals surface area contributed by atoms with Gasteiger partial charge in [0, 0.05) is 6.42 Å². The third-order valence-corrected chi connectivity index (χ3v) is 2.27. The number of carboxylic acid groups (broad SMARTS) is 1. The lowest BCUT2D eigenvalue weighted by Gasteiger charge is -2.16. The fraction of sp³-hybridized carbons (Fsp3) is 0.462. The molecule has 0 radical (unpaired) electrons. The number of carbonyl (C=O) groups is 1. The van der Waals surface area contributed by atoms with E-state index in [4.69, 9.17) is 14.6 Å². The van der Waals surface area contributed by atoms with Crippen LogP contribution in [0, 0.1) is 0 Å². The van der Waals surface area contributed by atoms with Crippen LogP contribution in [0.5, 0.6) is 5.75 Å². The Morgan fingerprint density at radius 3 is 2.65 bits per heavy atom. The van der Waals surface area contributed by atoms with Gasteiger partial charge in [-0.2, -0.15) is 0 Å². The molecule has 0 aliphatic carbocycles. The molecule has 0 bridgehead atoms. The van der Waals surface area contributed by atoms with Crippen molar-refractivity contribution in [2.75, 3.05) is 7.11 Å². The van der Waals surface area contributed by atoms with Crippen molar-refractivity contribution in [1.29, 1.82) is 0 Å². The second-order valence-corrected chi connectivity index (χ2v) is 4.07. The van der Waals surface area contributed by atoms with Gasteiger partial charge in [-0.25, -0.2) is 4.79 Å². The fourth-order valence-electron chi connectivity index (χ4n) is 1.54. The molecule has 4 heteroatoms. The summed E-state index contributed by atoms with van der Waals surface area (Å²) in [7, 11) is 1.58. The van der Waals surface area contributed by atoms with Crippen LogP contribution in [0.4, 0.5) is 0 Å². The van der Waals surface area contributed by atoms with Gasteiger partial charge in [0.2, 0.25) is 0 Å². The van der Waals surface area contributed by atoms with Crippen molar-refractivity contribution in [3.8, 4) is 5.75 Å². The van der Waals surface area contributed by atoms with Crippen molar-refractivity contribution in [2.45, 2.75) is 32.5 Å². The van der Waals surface area contributed by atoms with E-state index >= 15 is 0 Å². The molecule has 0 aromatic heterocycles. The Labute approximate surface area is 101 Å². The number of methoxy groups -OCH3 is 1. The second-order valence-electron chi connectivity index (χ2n) is 4.07. The zero-order chi connectivity index (χ0) is 12.8. The lowest BCUT2D eigenvalue weighted by atomic mass is 10.1. The molecule has 0 heterocycles. The Hall–Kier alpha value is -1.55. The van der Waals surface area contributed by atoms with Crippen molar-refractivity contribution in [3.63, 3.8) is 0 Å². The maximum atomic E-state index is 11.0. The molecule has 17 heavy (non-hydrogen) atoms. The van der Waals surface area contributed by atoms with Crippen molar-refractivity contribution in [1.82, 2.24) is 0 Å². The van der Waals surface area contributed by atoms with Gasteiger partial charge in [-0.1, -0.05) is 12.1 Å². The Balaban J connectivity index is 2.74. The van der Waals surface area contributed by atoms with Gasteiger partial charge in [-0.05, 0) is 31.5 Å². The number of ether oxygens (including phenoxy) is 2. The summed E-state index contributed by atoms with van der Waals surface area (Å²) in [5.41, 5.74) is 0.886. The average Bonchev–Trinajstić information content (AvgIpc) is 2.27. The van der Waals surface area contributed by atoms with Crippen molar-refractivity contribution in [3.05, 3.63) is 29.8 Å². The normalized spacial score (nSPS) is 12.5. The topological polar surface area (TPSA) is 55.8 Å². The van der Waals surface area contributed by atoms with Gasteiger partial charge < -0.3 is 14.6 Å². The minimum absolute atomic E-state index is 0.110. The summed E-state index contributed by atoms with van der Waals surface area (Å²) < 4.78 is 10.4. The summed E-state index contributed by atoms with van der Waals surface area (Å²) in [6, 6.07) is 7.34. The molecule has 0 saturated heterocycles. The molecule has 0 amide bonds. The van der Waals surface area contributed by atoms with Gasteiger partial charge in [0.15, 0.2) is 6.10 Å². The highest BCUT2D eigenvalue weighted by atomic mass is 16.5. The van der Waals surface area contributed by atoms with E-state index in [1.807, 2.05) is 38.1 Å². The highest BCUT2D eigenvalue weighted by Crippen LogP contribution is 2.15. The average molecular weight is 238 g/mol. The van der Waals surface area contributed by atoms with Crippen LogP contribution in [-0.4, -0.2) is 30.4 Å². The van der Waals surface area contributed by atoms with Crippen LogP contribution in [0.1, 0.15) is 19.4 Å². The Morgan fingerprint density at radius 2 is 2.12 bits per heavy atom. The molecule has 0 spiro atoms. The third kappa shape index (κ3) is 4.44. The fourth-order valence-corrected chi connectivity index (χ4v) is 1.54. The first-order valence-corrected chi connectivity index (χ1v) is 5.54. The minimum atomic E-state index is -0.943. The molecule has 0 fully saturated rings. The maximum absolute atomic E-state index is 11.0. The van der Waals surface area contributed by atoms with Gasteiger partial charge in [0.1, 0.15) is 5.75 Å². The zero-order valence-electron chi connectivity index (χ0n) is 10.3. The number of aliphatic carboxylic acids is 1. The van der Waals surface area contributed by atoms with Crippen LogP contribution >= 0.6 is 0 Å². The van der Waals surface area contributed by atoms with Gasteiger partial charge in [0.05, 0.1) is 13.2 Å². The van der Waals surface area contributed by atoms with E-state index in [1.165, 1.54) is 0 Å². The van der Waals surface area contributed by atoms with E-state index in [9.17, 15) is 4.79 Å². The van der Waals surface area contributed by atoms with E-state index < -0.39 is 12.1 Å². The predicted molar refractivity (Wildman–Crippen MR) is 64.3 cm³/mol. The molecule has 1 aromatic carbocycles. The smallest absolute Gasteiger partial charge is 0.333 e. The number of hydrogen-bond donors (Lipinski definition) is 1. The molecular weight excluding hydrogens is 220 g/mol. The lowest BCUT2D eigenvalue weighted by molar-refractivity contribution is -0.153. The summed E-state index contributed by atoms with van der Waals surface area (Å²) in [4.78, 5) is 11.0. The van der Waals surface area contributed by atoms with Gasteiger partial charge >= 0.3 is 5.97 Å². The van der Waals surface area contributed by atoms with Gasteiger partial charge in [0.25, 0.3) is 0 Å². The highest BCUT2D eigenvalue weighted by molar-refractivity contribution is 5.72. The largest absolute Gasteiger partial charge is 0.497 e. The molecule has 1 unspecified atom stereocenters. The number of rotatable bonds is 6. The Bertz CT molecular complexity index is 373. The summed E-state index contributed by atoms with van der Waals surface area (Å²) in [5.74, 6) is -0.224. The molecule has 1 atom stereocenters. The van der Waals surface area contributed by atoms with Crippen LogP contribution in [0.15, 0.2) is 24.3 Å². The first kappa shape index (κ1) is 13.5. The molecule has 1 aromatic rings. The monoisotopic (exact) mass is 238 g/mol. The van der Waals surface area contributed by atoms with E-state index in [0.717, 1.165) is 11.3 Å². The van der Waals surface area contributed by atoms with Crippen LogP contribution < -0.4 is 4.74 Å². The molecular formula is C13H18O4. The Kier molecular flexibility index (Phi) is 4.97. The van der Waals surface area contributed by atoms with E-state index in [1.54, 1.807) is 7.11 Å². The highest BCUT2D eigenvalue weighted by Gasteiger charge is 2.20. The molecule has 0 aliphatic heterocycles. The summed E-state index contributed by atoms with van der Waals surface area (Å²) in [6.45, 7) is 3.64. The number of carboxylic acids is 1. The van der Waals surface area contributed by atoms with Crippen molar-refractivity contribution in [2.24, 2.45) is 0 Å². The zero-order valence-corrected chi connectivity index (χ0v) is 10.3. The summed E-state index contributed by atoms with van der Waals surface area (Å²) in [5, 5.41) is 9.05. The molecule has 0 aliphatic rings. The first-order valence-electron chi connectivity index (χ1n) is 5.54. The minimum Gasteiger partial charge on any atom is -0.497 e. The third-order valence-electron chi connectivity index (χ3n) is 2.27. The Morgan fingerprint density at radius 1 is 1.41 bits per heavy atom. The van der Waals surface area contributed by atoms with Gasteiger partial charge in [-0.15, -0.1) is 0 Å². The van der Waals surface area contributed by atoms with Crippen LogP contribution in [-0.2, 0) is 16.0 Å². The van der Waals surface area contributed by atoms with E-state index in [-0.39, 0.29) is 6.10 Å². The van der Waals surface area contributed by atoms with Gasteiger partial charge in [-0.3, -0.25) is 0 Å². The van der Waals surface area contributed by atoms with E-state index in [0.29, 0.717) is 6.42 Å². The first-order chi connectivity index (χ1) is 8.02. The quantitative estimate of drug-likeness (QED) is 0.824. The van der Waals surface area contributed by atoms with E-state index in [2.05, 4.69) is 0 Å². The second kappa shape index (κ2) is 6.25. The maximum Gasteiger partial charge on any atom is 0.333 e. The SMILES string of the molecule is COc1cccc(CC(OC(C)C)C(=O)O)c1. The molecule has 4 nitrogen and oxygen atoms in total. The number of hydrogen-bond acceptors (Lipinski definition) is 3. The lowest BCUT2D eigenvalue weighted by Crippen LogP contribution is -2.29.